The Morgan fingerprint density at radius 1 is 0.846 bits per heavy atom. The van der Waals surface area contributed by atoms with Gasteiger partial charge in [0.05, 0.1) is 52.7 Å². The number of terminal acetylenes is 1. The van der Waals surface area contributed by atoms with E-state index in [1.165, 1.54) is 11.3 Å². The van der Waals surface area contributed by atoms with Crippen LogP contribution >= 0.6 is 0 Å². The van der Waals surface area contributed by atoms with Crippen molar-refractivity contribution < 1.29 is 0 Å². The van der Waals surface area contributed by atoms with E-state index in [9.17, 15) is 15.8 Å². The number of nitrogens with zero attached hydrogens (tertiary/aromatic N) is 5. The smallest absolute Gasteiger partial charge is 0.0998 e. The number of benzene rings is 3. The Kier molecular flexibility index (Phi) is 9.21. The fourth-order valence-corrected chi connectivity index (χ4v) is 7.57. The van der Waals surface area contributed by atoms with Crippen LogP contribution in [-0.4, -0.2) is 9.13 Å². The first-order valence-electron chi connectivity index (χ1n) is 17.6. The molecule has 2 heterocycles. The van der Waals surface area contributed by atoms with Crippen molar-refractivity contribution in [3.63, 3.8) is 0 Å². The van der Waals surface area contributed by atoms with E-state index in [1.807, 2.05) is 37.3 Å². The lowest BCUT2D eigenvalue weighted by Crippen LogP contribution is -2.07. The number of aromatic nitrogens is 2. The summed E-state index contributed by atoms with van der Waals surface area (Å²) in [5, 5.41) is 29.7. The van der Waals surface area contributed by atoms with Crippen molar-refractivity contribution in [3.8, 4) is 64.2 Å². The molecule has 5 aromatic rings. The van der Waals surface area contributed by atoms with Crippen LogP contribution in [0, 0.1) is 66.1 Å². The average molecular weight is 672 g/mol. The highest BCUT2D eigenvalue weighted by Gasteiger charge is 2.30. The number of allylic oxidation sites excluding steroid dienone is 4. The summed E-state index contributed by atoms with van der Waals surface area (Å²) in [5.74, 6) is 2.21. The number of hydrogen-bond donors (Lipinski definition) is 0. The second-order valence-electron chi connectivity index (χ2n) is 13.3. The van der Waals surface area contributed by atoms with Crippen LogP contribution in [0.4, 0.5) is 0 Å². The van der Waals surface area contributed by atoms with E-state index in [1.54, 1.807) is 6.08 Å². The van der Waals surface area contributed by atoms with Crippen molar-refractivity contribution in [2.24, 2.45) is 5.92 Å². The van der Waals surface area contributed by atoms with Gasteiger partial charge < -0.3 is 9.13 Å². The molecule has 2 unspecified atom stereocenters. The Hall–Kier alpha value is -6.79. The zero-order valence-electron chi connectivity index (χ0n) is 29.6. The Morgan fingerprint density at radius 2 is 1.58 bits per heavy atom. The Labute approximate surface area is 306 Å². The van der Waals surface area contributed by atoms with Crippen molar-refractivity contribution in [1.82, 2.24) is 9.13 Å². The normalized spacial score (nSPS) is 15.1. The molecule has 2 atom stereocenters. The molecule has 250 valence electrons. The molecule has 0 spiro atoms. The molecule has 2 aliphatic rings. The summed E-state index contributed by atoms with van der Waals surface area (Å²) in [6.07, 6.45) is 24.5. The number of para-hydroxylation sites is 1. The van der Waals surface area contributed by atoms with Gasteiger partial charge in [-0.2, -0.15) is 15.8 Å². The summed E-state index contributed by atoms with van der Waals surface area (Å²) in [6.45, 7) is 6.01. The lowest BCUT2D eigenvalue weighted by atomic mass is 9.87. The van der Waals surface area contributed by atoms with Gasteiger partial charge in [-0.3, -0.25) is 0 Å². The van der Waals surface area contributed by atoms with Gasteiger partial charge in [-0.1, -0.05) is 72.7 Å². The summed E-state index contributed by atoms with van der Waals surface area (Å²) >= 11 is 0. The molecule has 7 rings (SSSR count). The molecular weight excluding hydrogens is 635 g/mol. The van der Waals surface area contributed by atoms with Gasteiger partial charge in [-0.15, -0.1) is 6.42 Å². The van der Waals surface area contributed by atoms with Crippen LogP contribution in [-0.2, 0) is 6.42 Å². The van der Waals surface area contributed by atoms with Gasteiger partial charge >= 0.3 is 0 Å². The van der Waals surface area contributed by atoms with Crippen molar-refractivity contribution in [2.45, 2.75) is 46.0 Å². The first-order chi connectivity index (χ1) is 25.4. The molecule has 0 radical (unpaired) electrons. The summed E-state index contributed by atoms with van der Waals surface area (Å²) in [6, 6.07) is 30.0. The zero-order chi connectivity index (χ0) is 36.4. The molecule has 52 heavy (non-hydrogen) atoms. The van der Waals surface area contributed by atoms with E-state index in [0.29, 0.717) is 5.56 Å². The van der Waals surface area contributed by atoms with Gasteiger partial charge in [-0.05, 0) is 111 Å². The maximum Gasteiger partial charge on any atom is 0.0998 e. The third kappa shape index (κ3) is 5.80. The highest BCUT2D eigenvalue weighted by atomic mass is 15.0. The van der Waals surface area contributed by atoms with Crippen LogP contribution in [0.15, 0.2) is 91.0 Å². The fraction of sp³-hybridized carbons (Fsp3) is 0.170. The third-order valence-electron chi connectivity index (χ3n) is 10.3. The minimum Gasteiger partial charge on any atom is -0.313 e. The number of rotatable bonds is 7. The second-order valence-corrected chi connectivity index (χ2v) is 13.3. The van der Waals surface area contributed by atoms with E-state index in [0.717, 1.165) is 86.7 Å². The molecule has 0 bridgehead atoms. The first-order valence-corrected chi connectivity index (χ1v) is 17.6. The summed E-state index contributed by atoms with van der Waals surface area (Å²) < 4.78 is 4.51. The lowest BCUT2D eigenvalue weighted by Gasteiger charge is -2.19. The van der Waals surface area contributed by atoms with Crippen LogP contribution in [0.1, 0.15) is 76.3 Å². The maximum absolute atomic E-state index is 10.2. The minimum atomic E-state index is -0.246. The van der Waals surface area contributed by atoms with Crippen LogP contribution in [0.25, 0.3) is 57.9 Å². The fourth-order valence-electron chi connectivity index (χ4n) is 7.57. The Balaban J connectivity index is 1.33. The van der Waals surface area contributed by atoms with Gasteiger partial charge in [-0.25, -0.2) is 0 Å². The highest BCUT2D eigenvalue weighted by Crippen LogP contribution is 2.42. The van der Waals surface area contributed by atoms with E-state index < -0.39 is 0 Å². The van der Waals surface area contributed by atoms with Crippen LogP contribution in [0.2, 0.25) is 0 Å². The van der Waals surface area contributed by atoms with Gasteiger partial charge in [0, 0.05) is 39.3 Å². The van der Waals surface area contributed by atoms with Crippen molar-refractivity contribution in [3.05, 3.63) is 142 Å². The average Bonchev–Trinajstić information content (AvgIpc) is 3.65. The zero-order valence-corrected chi connectivity index (χ0v) is 29.6. The van der Waals surface area contributed by atoms with Gasteiger partial charge in [0.25, 0.3) is 0 Å². The minimum absolute atomic E-state index is 0.161. The molecule has 0 N–H and O–H groups in total. The van der Waals surface area contributed by atoms with E-state index in [2.05, 4.69) is 126 Å². The third-order valence-corrected chi connectivity index (χ3v) is 10.3. The highest BCUT2D eigenvalue weighted by molar-refractivity contribution is 5.81. The predicted octanol–water partition coefficient (Wildman–Crippen LogP) is 10.9. The molecule has 2 aromatic heterocycles. The number of hydrogen-bond acceptors (Lipinski definition) is 3. The molecule has 5 nitrogen and oxygen atoms in total. The summed E-state index contributed by atoms with van der Waals surface area (Å²) in [5.41, 5.74) is 15.2. The second kappa shape index (κ2) is 14.2. The first kappa shape index (κ1) is 33.7. The Bertz CT molecular complexity index is 2520. The molecule has 3 aromatic carbocycles. The summed E-state index contributed by atoms with van der Waals surface area (Å²) in [4.78, 5) is 0. The molecule has 0 amide bonds. The molecule has 0 saturated carbocycles. The standard InChI is InChI=1S/C47H37N5/c1-5-6-15-42-32(3)33(4)43(26-19-31(2)28-48)51(42)38-25-24-36(29-49)41(27-38)35-22-20-34(21-23-35)39-13-7-9-16-44(39)52-45-17-10-8-14-40(45)47-37(30-50)12-11-18-46(47)52/h1,6-9,11,13-16,18-27,31,37H,10,12,17H2,2-4H3/b15-6-,26-19-. The largest absolute Gasteiger partial charge is 0.313 e. The molecule has 2 aliphatic carbocycles. The number of nitriles is 3. The SMILES string of the molecule is C#C/C=C\c1c(C)c(C)c(/C=C\C(C)C#N)n1-c1ccc(C#N)c(-c2ccc(-c3ccccc3-n3c4c(c5c3CCC=C5)C(C#N)CC=C4)cc2)c1. The van der Waals surface area contributed by atoms with Crippen LogP contribution in [0.5, 0.6) is 0 Å². The van der Waals surface area contributed by atoms with Gasteiger partial charge in [0.2, 0.25) is 0 Å². The maximum atomic E-state index is 10.2. The molecule has 5 heteroatoms. The van der Waals surface area contributed by atoms with E-state index in [-0.39, 0.29) is 11.8 Å². The quantitative estimate of drug-likeness (QED) is 0.161. The number of fused-ring (bicyclic) bond motifs is 3. The molecular formula is C47H37N5. The van der Waals surface area contributed by atoms with E-state index in [4.69, 9.17) is 6.42 Å². The summed E-state index contributed by atoms with van der Waals surface area (Å²) in [7, 11) is 0. The van der Waals surface area contributed by atoms with Crippen molar-refractivity contribution >= 4 is 24.3 Å². The predicted molar refractivity (Wildman–Crippen MR) is 211 cm³/mol. The van der Waals surface area contributed by atoms with Crippen molar-refractivity contribution in [2.75, 3.05) is 0 Å². The van der Waals surface area contributed by atoms with Crippen LogP contribution < -0.4 is 0 Å². The van der Waals surface area contributed by atoms with Gasteiger partial charge in [0.1, 0.15) is 0 Å². The molecule has 0 saturated heterocycles. The van der Waals surface area contributed by atoms with Gasteiger partial charge in [0.15, 0.2) is 0 Å². The molecule has 0 aliphatic heterocycles. The lowest BCUT2D eigenvalue weighted by molar-refractivity contribution is 0.850. The van der Waals surface area contributed by atoms with Crippen LogP contribution in [0.3, 0.4) is 0 Å². The topological polar surface area (TPSA) is 81.2 Å². The Morgan fingerprint density at radius 3 is 2.29 bits per heavy atom. The molecule has 0 fully saturated rings. The van der Waals surface area contributed by atoms with E-state index >= 15 is 0 Å². The monoisotopic (exact) mass is 671 g/mol. The van der Waals surface area contributed by atoms with Crippen molar-refractivity contribution in [1.29, 1.82) is 15.8 Å².